The van der Waals surface area contributed by atoms with Gasteiger partial charge in [-0.2, -0.15) is 0 Å². The van der Waals surface area contributed by atoms with Crippen LogP contribution in [0.2, 0.25) is 0 Å². The number of aromatic nitrogens is 4. The van der Waals surface area contributed by atoms with Crippen LogP contribution in [-0.4, -0.2) is 63.7 Å². The summed E-state index contributed by atoms with van der Waals surface area (Å²) >= 11 is 0. The predicted octanol–water partition coefficient (Wildman–Crippen LogP) is 2.67. The Balaban J connectivity index is 1.54. The van der Waals surface area contributed by atoms with Crippen molar-refractivity contribution in [3.8, 4) is 23.0 Å². The molecular weight excluding hydrogens is 406 g/mol. The number of nitrogens with one attached hydrogen (secondary N) is 1. The molecule has 3 aromatic rings. The van der Waals surface area contributed by atoms with Crippen LogP contribution < -0.4 is 10.2 Å². The lowest BCUT2D eigenvalue weighted by molar-refractivity contribution is -0.133. The highest BCUT2D eigenvalue weighted by molar-refractivity contribution is 5.76. The van der Waals surface area contributed by atoms with E-state index in [0.717, 1.165) is 23.6 Å². The third-order valence-electron chi connectivity index (χ3n) is 5.73. The molecule has 1 atom stereocenters. The quantitative estimate of drug-likeness (QED) is 0.631. The van der Waals surface area contributed by atoms with Gasteiger partial charge in [-0.15, -0.1) is 10.2 Å². The maximum absolute atomic E-state index is 12.1. The van der Waals surface area contributed by atoms with E-state index in [1.54, 1.807) is 6.20 Å². The second-order valence-corrected chi connectivity index (χ2v) is 8.04. The average molecular weight is 436 g/mol. The standard InChI is InChI=1S/C23H29N7O2/c1-5-20(31)30-11-10-29(14-15(30)2)19-13-25-16(3)21(26-19)23-28-27-22(32-23)18-8-6-17(7-9-18)12-24-4/h6-9,13,15,24H,5,10-12,14H2,1-4H3/t15-/m0/s1. The molecule has 168 valence electrons. The Morgan fingerprint density at radius 1 is 1.19 bits per heavy atom. The summed E-state index contributed by atoms with van der Waals surface area (Å²) in [5.74, 6) is 1.73. The fourth-order valence-corrected chi connectivity index (χ4v) is 3.94. The number of benzene rings is 1. The normalized spacial score (nSPS) is 16.4. The molecule has 0 saturated carbocycles. The third kappa shape index (κ3) is 4.47. The minimum atomic E-state index is 0.114. The van der Waals surface area contributed by atoms with Crippen molar-refractivity contribution in [2.45, 2.75) is 39.8 Å². The van der Waals surface area contributed by atoms with E-state index < -0.39 is 0 Å². The van der Waals surface area contributed by atoms with Crippen molar-refractivity contribution in [1.82, 2.24) is 30.4 Å². The number of amides is 1. The van der Waals surface area contributed by atoms with Gasteiger partial charge in [0.1, 0.15) is 5.82 Å². The van der Waals surface area contributed by atoms with Gasteiger partial charge < -0.3 is 19.5 Å². The van der Waals surface area contributed by atoms with Crippen LogP contribution in [0.3, 0.4) is 0 Å². The molecule has 1 amide bonds. The van der Waals surface area contributed by atoms with Crippen LogP contribution in [0.1, 0.15) is 31.5 Å². The lowest BCUT2D eigenvalue weighted by Gasteiger charge is -2.40. The topological polar surface area (TPSA) is 100 Å². The van der Waals surface area contributed by atoms with E-state index in [1.807, 2.05) is 50.1 Å². The zero-order valence-electron chi connectivity index (χ0n) is 19.0. The summed E-state index contributed by atoms with van der Waals surface area (Å²) in [5.41, 5.74) is 3.34. The van der Waals surface area contributed by atoms with Crippen LogP contribution in [0.4, 0.5) is 5.82 Å². The molecule has 0 spiro atoms. The van der Waals surface area contributed by atoms with Gasteiger partial charge in [-0.1, -0.05) is 19.1 Å². The number of rotatable bonds is 6. The summed E-state index contributed by atoms with van der Waals surface area (Å²) in [4.78, 5) is 25.5. The van der Waals surface area contributed by atoms with Crippen molar-refractivity contribution in [3.05, 3.63) is 41.7 Å². The van der Waals surface area contributed by atoms with E-state index in [1.165, 1.54) is 5.56 Å². The average Bonchev–Trinajstić information content (AvgIpc) is 3.29. The van der Waals surface area contributed by atoms with Gasteiger partial charge in [-0.3, -0.25) is 9.78 Å². The lowest BCUT2D eigenvalue weighted by Crippen LogP contribution is -2.54. The summed E-state index contributed by atoms with van der Waals surface area (Å²) in [7, 11) is 1.92. The number of anilines is 1. The second-order valence-electron chi connectivity index (χ2n) is 8.04. The monoisotopic (exact) mass is 435 g/mol. The Bertz CT molecular complexity index is 1080. The molecular formula is C23H29N7O2. The van der Waals surface area contributed by atoms with E-state index in [9.17, 15) is 4.79 Å². The van der Waals surface area contributed by atoms with Crippen molar-refractivity contribution in [2.75, 3.05) is 31.6 Å². The minimum absolute atomic E-state index is 0.114. The molecule has 9 nitrogen and oxygen atoms in total. The van der Waals surface area contributed by atoms with Crippen LogP contribution in [0.5, 0.6) is 0 Å². The smallest absolute Gasteiger partial charge is 0.268 e. The maximum atomic E-state index is 12.1. The number of nitrogens with zero attached hydrogens (tertiary/aromatic N) is 6. The van der Waals surface area contributed by atoms with E-state index >= 15 is 0 Å². The highest BCUT2D eigenvalue weighted by Gasteiger charge is 2.28. The molecule has 1 saturated heterocycles. The van der Waals surface area contributed by atoms with Crippen molar-refractivity contribution in [3.63, 3.8) is 0 Å². The fraction of sp³-hybridized carbons (Fsp3) is 0.435. The Hall–Kier alpha value is -3.33. The molecule has 32 heavy (non-hydrogen) atoms. The third-order valence-corrected chi connectivity index (χ3v) is 5.73. The number of carbonyl (C=O) groups excluding carboxylic acids is 1. The fourth-order valence-electron chi connectivity index (χ4n) is 3.94. The molecule has 0 radical (unpaired) electrons. The van der Waals surface area contributed by atoms with Gasteiger partial charge in [0.2, 0.25) is 11.8 Å². The summed E-state index contributed by atoms with van der Waals surface area (Å²) < 4.78 is 5.95. The molecule has 2 aromatic heterocycles. The number of hydrogen-bond donors (Lipinski definition) is 1. The minimum Gasteiger partial charge on any atom is -0.415 e. The van der Waals surface area contributed by atoms with E-state index in [-0.39, 0.29) is 11.9 Å². The Labute approximate surface area is 187 Å². The van der Waals surface area contributed by atoms with Crippen LogP contribution in [0.15, 0.2) is 34.9 Å². The lowest BCUT2D eigenvalue weighted by atomic mass is 10.1. The summed E-state index contributed by atoms with van der Waals surface area (Å²) in [6, 6.07) is 8.12. The highest BCUT2D eigenvalue weighted by Crippen LogP contribution is 2.27. The molecule has 0 unspecified atom stereocenters. The van der Waals surface area contributed by atoms with E-state index in [4.69, 9.17) is 9.40 Å². The van der Waals surface area contributed by atoms with Crippen molar-refractivity contribution < 1.29 is 9.21 Å². The van der Waals surface area contributed by atoms with Gasteiger partial charge in [0.25, 0.3) is 5.89 Å². The van der Waals surface area contributed by atoms with E-state index in [0.29, 0.717) is 43.5 Å². The van der Waals surface area contributed by atoms with Crippen LogP contribution in [-0.2, 0) is 11.3 Å². The molecule has 1 aromatic carbocycles. The molecule has 1 aliphatic rings. The van der Waals surface area contributed by atoms with Crippen LogP contribution in [0, 0.1) is 6.92 Å². The number of carbonyl (C=O) groups is 1. The predicted molar refractivity (Wildman–Crippen MR) is 122 cm³/mol. The maximum Gasteiger partial charge on any atom is 0.268 e. The molecule has 1 aliphatic heterocycles. The molecule has 0 bridgehead atoms. The SMILES string of the molecule is CCC(=O)N1CCN(c2cnc(C)c(-c3nnc(-c4ccc(CNC)cc4)o3)n2)C[C@@H]1C. The van der Waals surface area contributed by atoms with Crippen molar-refractivity contribution >= 4 is 11.7 Å². The van der Waals surface area contributed by atoms with Gasteiger partial charge in [-0.05, 0) is 38.6 Å². The molecule has 1 fully saturated rings. The number of piperazine rings is 1. The largest absolute Gasteiger partial charge is 0.415 e. The molecule has 1 N–H and O–H groups in total. The first kappa shape index (κ1) is 21.9. The molecule has 4 rings (SSSR count). The Morgan fingerprint density at radius 2 is 1.94 bits per heavy atom. The number of hydrogen-bond acceptors (Lipinski definition) is 8. The van der Waals surface area contributed by atoms with Gasteiger partial charge in [0.15, 0.2) is 5.69 Å². The summed E-state index contributed by atoms with van der Waals surface area (Å²) in [6.07, 6.45) is 2.29. The molecule has 9 heteroatoms. The van der Waals surface area contributed by atoms with Gasteiger partial charge >= 0.3 is 0 Å². The van der Waals surface area contributed by atoms with Gasteiger partial charge in [-0.25, -0.2) is 4.98 Å². The zero-order chi connectivity index (χ0) is 22.7. The number of aryl methyl sites for hydroxylation is 1. The van der Waals surface area contributed by atoms with Crippen molar-refractivity contribution in [1.29, 1.82) is 0 Å². The first-order valence-electron chi connectivity index (χ1n) is 11.0. The highest BCUT2D eigenvalue weighted by atomic mass is 16.4. The van der Waals surface area contributed by atoms with E-state index in [2.05, 4.69) is 32.3 Å². The first-order valence-corrected chi connectivity index (χ1v) is 11.0. The van der Waals surface area contributed by atoms with Gasteiger partial charge in [0, 0.05) is 44.2 Å². The van der Waals surface area contributed by atoms with Crippen molar-refractivity contribution in [2.24, 2.45) is 0 Å². The molecule has 0 aliphatic carbocycles. The van der Waals surface area contributed by atoms with Crippen LogP contribution in [0.25, 0.3) is 23.0 Å². The van der Waals surface area contributed by atoms with Crippen LogP contribution >= 0.6 is 0 Å². The Morgan fingerprint density at radius 3 is 2.62 bits per heavy atom. The Kier molecular flexibility index (Phi) is 6.45. The molecule has 3 heterocycles. The van der Waals surface area contributed by atoms with Gasteiger partial charge in [0.05, 0.1) is 11.9 Å². The zero-order valence-corrected chi connectivity index (χ0v) is 19.0. The second kappa shape index (κ2) is 9.44. The summed E-state index contributed by atoms with van der Waals surface area (Å²) in [5, 5.41) is 11.6. The summed E-state index contributed by atoms with van der Waals surface area (Å²) in [6.45, 7) is 8.73. The first-order chi connectivity index (χ1) is 15.5.